The van der Waals surface area contributed by atoms with Gasteiger partial charge >= 0.3 is 11.7 Å². The van der Waals surface area contributed by atoms with Crippen molar-refractivity contribution in [3.63, 3.8) is 0 Å². The standard InChI is InChI=1S/C7H6ClN2O4/c1-14-7(11)4-2-6(8)9-3-5(4)10(12)13/h2-3H,1H3,(H,12,13)/q+1. The van der Waals surface area contributed by atoms with E-state index in [1.807, 2.05) is 0 Å². The van der Waals surface area contributed by atoms with Gasteiger partial charge in [-0.05, 0) is 6.07 Å². The van der Waals surface area contributed by atoms with Gasteiger partial charge in [0.15, 0.2) is 0 Å². The molecule has 0 amide bonds. The minimum absolute atomic E-state index is 0.0241. The Balaban J connectivity index is 3.29. The molecule has 1 heterocycles. The first-order chi connectivity index (χ1) is 6.56. The molecule has 0 spiro atoms. The van der Waals surface area contributed by atoms with Crippen LogP contribution >= 0.6 is 11.6 Å². The molecule has 1 rings (SSSR count). The predicted octanol–water partition coefficient (Wildman–Crippen LogP) is 1.32. The lowest BCUT2D eigenvalue weighted by Crippen LogP contribution is -2.07. The molecule has 1 N–H and O–H groups in total. The second-order valence-corrected chi connectivity index (χ2v) is 2.68. The number of nitrogens with zero attached hydrogens (tertiary/aromatic N) is 2. The van der Waals surface area contributed by atoms with Crippen LogP contribution in [0.2, 0.25) is 5.15 Å². The second kappa shape index (κ2) is 4.01. The van der Waals surface area contributed by atoms with Crippen LogP contribution in [0.3, 0.4) is 0 Å². The van der Waals surface area contributed by atoms with Crippen LogP contribution in [0, 0.1) is 4.91 Å². The number of carbonyl (C=O) groups excluding carboxylic acids is 1. The van der Waals surface area contributed by atoms with Crippen molar-refractivity contribution in [3.8, 4) is 0 Å². The molecule has 7 heteroatoms. The highest BCUT2D eigenvalue weighted by Crippen LogP contribution is 2.20. The molecule has 0 fully saturated rings. The fourth-order valence-electron chi connectivity index (χ4n) is 0.849. The normalized spacial score (nSPS) is 9.57. The van der Waals surface area contributed by atoms with Crippen LogP contribution in [0.5, 0.6) is 0 Å². The van der Waals surface area contributed by atoms with E-state index in [0.717, 1.165) is 19.4 Å². The van der Waals surface area contributed by atoms with E-state index in [4.69, 9.17) is 16.8 Å². The van der Waals surface area contributed by atoms with Gasteiger partial charge in [0.25, 0.3) is 4.92 Å². The van der Waals surface area contributed by atoms with E-state index in [9.17, 15) is 9.70 Å². The van der Waals surface area contributed by atoms with E-state index in [-0.39, 0.29) is 16.4 Å². The largest absolute Gasteiger partial charge is 0.465 e. The lowest BCUT2D eigenvalue weighted by atomic mass is 10.2. The molecule has 1 aromatic rings. The summed E-state index contributed by atoms with van der Waals surface area (Å²) >= 11 is 5.50. The Morgan fingerprint density at radius 1 is 1.71 bits per heavy atom. The van der Waals surface area contributed by atoms with Crippen molar-refractivity contribution in [3.05, 3.63) is 27.9 Å². The third-order valence-electron chi connectivity index (χ3n) is 1.46. The van der Waals surface area contributed by atoms with Crippen LogP contribution < -0.4 is 0 Å². The molecule has 0 radical (unpaired) electrons. The Labute approximate surface area is 83.6 Å². The Kier molecular flexibility index (Phi) is 2.98. The van der Waals surface area contributed by atoms with Gasteiger partial charge < -0.3 is 4.74 Å². The zero-order valence-electron chi connectivity index (χ0n) is 7.10. The van der Waals surface area contributed by atoms with Gasteiger partial charge in [-0.25, -0.2) is 15.0 Å². The van der Waals surface area contributed by atoms with Crippen LogP contribution in [0.1, 0.15) is 10.4 Å². The van der Waals surface area contributed by atoms with Crippen molar-refractivity contribution < 1.29 is 19.7 Å². The van der Waals surface area contributed by atoms with Crippen LogP contribution in [-0.2, 0) is 4.74 Å². The van der Waals surface area contributed by atoms with Crippen molar-refractivity contribution >= 4 is 23.3 Å². The summed E-state index contributed by atoms with van der Waals surface area (Å²) in [6.45, 7) is 0. The van der Waals surface area contributed by atoms with Gasteiger partial charge in [0.1, 0.15) is 16.9 Å². The molecule has 0 saturated carbocycles. The number of aromatic nitrogens is 1. The summed E-state index contributed by atoms with van der Waals surface area (Å²) in [4.78, 5) is 24.7. The van der Waals surface area contributed by atoms with E-state index in [1.165, 1.54) is 0 Å². The first kappa shape index (κ1) is 10.4. The molecule has 0 aliphatic heterocycles. The van der Waals surface area contributed by atoms with Gasteiger partial charge in [-0.15, -0.1) is 0 Å². The number of pyridine rings is 1. The summed E-state index contributed by atoms with van der Waals surface area (Å²) in [5.74, 6) is -0.779. The van der Waals surface area contributed by atoms with E-state index in [1.54, 1.807) is 0 Å². The summed E-state index contributed by atoms with van der Waals surface area (Å²) in [6.07, 6.45) is 0.974. The number of carbonyl (C=O) groups is 1. The van der Waals surface area contributed by atoms with Crippen molar-refractivity contribution in [2.24, 2.45) is 0 Å². The molecule has 0 aliphatic rings. The van der Waals surface area contributed by atoms with Gasteiger partial charge in [0.2, 0.25) is 0 Å². The fourth-order valence-corrected chi connectivity index (χ4v) is 1.01. The highest BCUT2D eigenvalue weighted by Gasteiger charge is 2.25. The number of methoxy groups -OCH3 is 1. The van der Waals surface area contributed by atoms with Crippen LogP contribution in [0.25, 0.3) is 0 Å². The molecule has 1 aromatic heterocycles. The number of hydrogen-bond acceptors (Lipinski definition) is 4. The molecular weight excluding hydrogens is 212 g/mol. The minimum Gasteiger partial charge on any atom is -0.465 e. The topological polar surface area (TPSA) is 79.5 Å². The quantitative estimate of drug-likeness (QED) is 0.459. The molecule has 74 valence electrons. The highest BCUT2D eigenvalue weighted by molar-refractivity contribution is 6.29. The molecule has 14 heavy (non-hydrogen) atoms. The third-order valence-corrected chi connectivity index (χ3v) is 1.67. The van der Waals surface area contributed by atoms with Crippen LogP contribution in [0.4, 0.5) is 5.69 Å². The molecule has 0 unspecified atom stereocenters. The van der Waals surface area contributed by atoms with Gasteiger partial charge in [-0.1, -0.05) is 11.6 Å². The zero-order valence-corrected chi connectivity index (χ0v) is 7.85. The Hall–Kier alpha value is -1.69. The number of esters is 1. The maximum Gasteiger partial charge on any atom is 0.349 e. The molecule has 0 bridgehead atoms. The van der Waals surface area contributed by atoms with Crippen molar-refractivity contribution in [1.82, 2.24) is 4.98 Å². The molecule has 0 aliphatic carbocycles. The van der Waals surface area contributed by atoms with Crippen LogP contribution in [-0.4, -0.2) is 28.2 Å². The lowest BCUT2D eigenvalue weighted by molar-refractivity contribution is -0.730. The molecule has 0 saturated heterocycles. The van der Waals surface area contributed by atoms with Gasteiger partial charge in [0, 0.05) is 0 Å². The lowest BCUT2D eigenvalue weighted by Gasteiger charge is -1.97. The van der Waals surface area contributed by atoms with Crippen molar-refractivity contribution in [2.45, 2.75) is 0 Å². The van der Waals surface area contributed by atoms with E-state index < -0.39 is 10.9 Å². The van der Waals surface area contributed by atoms with Crippen molar-refractivity contribution in [1.29, 1.82) is 0 Å². The second-order valence-electron chi connectivity index (χ2n) is 2.29. The number of ether oxygens (including phenoxy) is 1. The van der Waals surface area contributed by atoms with E-state index >= 15 is 0 Å². The van der Waals surface area contributed by atoms with E-state index in [2.05, 4.69) is 9.72 Å². The van der Waals surface area contributed by atoms with Gasteiger partial charge in [0.05, 0.1) is 12.0 Å². The Morgan fingerprint density at radius 2 is 2.36 bits per heavy atom. The SMILES string of the molecule is COC(=O)c1cc(Cl)ncc1[N+](=O)O. The molecule has 0 aromatic carbocycles. The van der Waals surface area contributed by atoms with Crippen LogP contribution in [0.15, 0.2) is 12.3 Å². The molecule has 0 atom stereocenters. The number of rotatable bonds is 2. The summed E-state index contributed by atoms with van der Waals surface area (Å²) < 4.78 is 4.38. The van der Waals surface area contributed by atoms with E-state index in [0.29, 0.717) is 0 Å². The van der Waals surface area contributed by atoms with Gasteiger partial charge in [-0.3, -0.25) is 0 Å². The summed E-state index contributed by atoms with van der Waals surface area (Å²) in [5, 5.41) is 8.65. The smallest absolute Gasteiger partial charge is 0.349 e. The monoisotopic (exact) mass is 217 g/mol. The summed E-state index contributed by atoms with van der Waals surface area (Å²) in [5.41, 5.74) is -0.466. The summed E-state index contributed by atoms with van der Waals surface area (Å²) in [6, 6.07) is 1.13. The Morgan fingerprint density at radius 3 is 2.86 bits per heavy atom. The highest BCUT2D eigenvalue weighted by atomic mass is 35.5. The average Bonchev–Trinajstić information content (AvgIpc) is 2.16. The third kappa shape index (κ3) is 1.97. The Bertz CT molecular complexity index is 393. The minimum atomic E-state index is -0.779. The fraction of sp³-hybridized carbons (Fsp3) is 0.143. The first-order valence-corrected chi connectivity index (χ1v) is 3.84. The average molecular weight is 218 g/mol. The number of hydrogen-bond donors (Lipinski definition) is 1. The maximum absolute atomic E-state index is 11.1. The first-order valence-electron chi connectivity index (χ1n) is 3.46. The molecule has 6 nitrogen and oxygen atoms in total. The predicted molar refractivity (Wildman–Crippen MR) is 45.7 cm³/mol. The summed E-state index contributed by atoms with van der Waals surface area (Å²) in [7, 11) is 1.15. The molecular formula is C7H6ClN2O4+. The maximum atomic E-state index is 11.1. The van der Waals surface area contributed by atoms with Crippen molar-refractivity contribution in [2.75, 3.05) is 7.11 Å². The zero-order chi connectivity index (χ0) is 10.7. The van der Waals surface area contributed by atoms with Gasteiger partial charge in [-0.2, -0.15) is 0 Å². The number of halogens is 1.